The minimum Gasteiger partial charge on any atom is -0.382 e. The van der Waals surface area contributed by atoms with Crippen molar-refractivity contribution in [1.82, 2.24) is 9.55 Å². The molecule has 0 saturated carbocycles. The Bertz CT molecular complexity index is 1360. The number of aliphatic hydroxyl groups is 1. The van der Waals surface area contributed by atoms with Crippen molar-refractivity contribution in [3.63, 3.8) is 0 Å². The number of nitrogens with zero attached hydrogens (tertiary/aromatic N) is 3. The van der Waals surface area contributed by atoms with Crippen molar-refractivity contribution >= 4 is 0 Å². The van der Waals surface area contributed by atoms with Gasteiger partial charge in [-0.15, -0.1) is 0 Å². The summed E-state index contributed by atoms with van der Waals surface area (Å²) >= 11 is 0. The van der Waals surface area contributed by atoms with E-state index in [4.69, 9.17) is 0 Å². The van der Waals surface area contributed by atoms with Gasteiger partial charge in [0.2, 0.25) is 0 Å². The molecule has 0 saturated heterocycles. The Labute approximate surface area is 190 Å². The van der Waals surface area contributed by atoms with Gasteiger partial charge in [0.25, 0.3) is 5.92 Å². The average Bonchev–Trinajstić information content (AvgIpc) is 3.30. The van der Waals surface area contributed by atoms with E-state index in [1.807, 2.05) is 0 Å². The molecule has 1 heterocycles. The second kappa shape index (κ2) is 7.60. The highest BCUT2D eigenvalue weighted by atomic mass is 19.3. The molecule has 0 unspecified atom stereocenters. The molecule has 0 radical (unpaired) electrons. The van der Waals surface area contributed by atoms with Crippen LogP contribution in [0.5, 0.6) is 0 Å². The topological polar surface area (TPSA) is 61.8 Å². The van der Waals surface area contributed by atoms with Gasteiger partial charge in [0, 0.05) is 30.5 Å². The summed E-state index contributed by atoms with van der Waals surface area (Å²) in [6, 6.07) is 4.32. The maximum Gasteiger partial charge on any atom is 0.281 e. The van der Waals surface area contributed by atoms with Crippen LogP contribution in [0.15, 0.2) is 30.7 Å². The number of imidazole rings is 1. The molecule has 0 spiro atoms. The lowest BCUT2D eigenvalue weighted by molar-refractivity contribution is -0.0967. The summed E-state index contributed by atoms with van der Waals surface area (Å²) < 4.78 is 89.8. The standard InChI is InChI=1S/C24H17F6N3O/c1-33-9-32-8-18(33)21-16(26)4-12(15-6-24(29,30)23(34)20(15)21)13-5-17(27)22(28)14-3-11(25)2-10(7-31)19(13)14/h2-4,8-9,13,17,22-23,34H,5-6H2,1H3/t13-,17+,22-,23+/m1/s1. The second-order valence-electron chi connectivity index (χ2n) is 8.72. The maximum atomic E-state index is 15.5. The monoisotopic (exact) mass is 477 g/mol. The van der Waals surface area contributed by atoms with Crippen LogP contribution in [0, 0.1) is 23.0 Å². The molecule has 3 aromatic rings. The Morgan fingerprint density at radius 2 is 1.88 bits per heavy atom. The lowest BCUT2D eigenvalue weighted by Gasteiger charge is -2.33. The lowest BCUT2D eigenvalue weighted by Crippen LogP contribution is -2.26. The van der Waals surface area contributed by atoms with Crippen LogP contribution in [0.3, 0.4) is 0 Å². The van der Waals surface area contributed by atoms with Crippen LogP contribution in [0.2, 0.25) is 0 Å². The van der Waals surface area contributed by atoms with Crippen LogP contribution in [-0.2, 0) is 13.5 Å². The van der Waals surface area contributed by atoms with Crippen molar-refractivity contribution in [1.29, 1.82) is 5.26 Å². The number of fused-ring (bicyclic) bond motifs is 2. The van der Waals surface area contributed by atoms with Crippen molar-refractivity contribution in [3.05, 3.63) is 75.7 Å². The van der Waals surface area contributed by atoms with E-state index in [-0.39, 0.29) is 39.1 Å². The molecule has 5 rings (SSSR count). The fourth-order valence-corrected chi connectivity index (χ4v) is 5.23. The third-order valence-electron chi connectivity index (χ3n) is 6.72. The van der Waals surface area contributed by atoms with Crippen molar-refractivity contribution < 1.29 is 31.4 Å². The molecule has 0 aliphatic heterocycles. The number of aromatic nitrogens is 2. The number of hydrogen-bond donors (Lipinski definition) is 1. The van der Waals surface area contributed by atoms with E-state index in [1.54, 1.807) is 6.07 Å². The Morgan fingerprint density at radius 3 is 2.53 bits per heavy atom. The van der Waals surface area contributed by atoms with Gasteiger partial charge in [-0.1, -0.05) is 0 Å². The summed E-state index contributed by atoms with van der Waals surface area (Å²) in [5, 5.41) is 20.0. The SMILES string of the molecule is Cn1cncc1-c1c(F)cc([C@H]2C[C@H](F)[C@H](F)c3cc(F)cc(C#N)c32)c2c1[C@H](O)C(F)(F)C2. The van der Waals surface area contributed by atoms with Gasteiger partial charge in [0.1, 0.15) is 23.9 Å². The predicted molar refractivity (Wildman–Crippen MR) is 109 cm³/mol. The zero-order valence-electron chi connectivity index (χ0n) is 17.7. The maximum absolute atomic E-state index is 15.5. The zero-order valence-corrected chi connectivity index (χ0v) is 17.7. The highest BCUT2D eigenvalue weighted by Gasteiger charge is 2.51. The molecule has 1 aromatic heterocycles. The van der Waals surface area contributed by atoms with Gasteiger partial charge in [-0.2, -0.15) is 5.26 Å². The van der Waals surface area contributed by atoms with E-state index in [0.29, 0.717) is 0 Å². The van der Waals surface area contributed by atoms with Crippen LogP contribution in [0.4, 0.5) is 26.3 Å². The molecule has 2 aliphatic carbocycles. The molecule has 2 aromatic carbocycles. The number of alkyl halides is 4. The molecule has 0 fully saturated rings. The minimum atomic E-state index is -3.64. The van der Waals surface area contributed by atoms with E-state index in [0.717, 1.165) is 18.2 Å². The Morgan fingerprint density at radius 1 is 1.15 bits per heavy atom. The minimum absolute atomic E-state index is 0.0649. The summed E-state index contributed by atoms with van der Waals surface area (Å²) in [6.07, 6.45) is -5.62. The molecule has 34 heavy (non-hydrogen) atoms. The van der Waals surface area contributed by atoms with Gasteiger partial charge in [0.05, 0.1) is 29.9 Å². The molecule has 176 valence electrons. The smallest absolute Gasteiger partial charge is 0.281 e. The van der Waals surface area contributed by atoms with E-state index in [1.165, 1.54) is 24.1 Å². The van der Waals surface area contributed by atoms with Gasteiger partial charge < -0.3 is 9.67 Å². The molecular weight excluding hydrogens is 460 g/mol. The summed E-state index contributed by atoms with van der Waals surface area (Å²) in [5.74, 6) is -6.75. The first-order valence-corrected chi connectivity index (χ1v) is 10.4. The number of aryl methyl sites for hydroxylation is 1. The molecule has 0 bridgehead atoms. The fraction of sp³-hybridized carbons (Fsp3) is 0.333. The van der Waals surface area contributed by atoms with Crippen molar-refractivity contribution in [2.75, 3.05) is 0 Å². The third-order valence-corrected chi connectivity index (χ3v) is 6.72. The Balaban J connectivity index is 1.82. The van der Waals surface area contributed by atoms with Crippen molar-refractivity contribution in [2.24, 2.45) is 7.05 Å². The fourth-order valence-electron chi connectivity index (χ4n) is 5.23. The largest absolute Gasteiger partial charge is 0.382 e. The Hall–Kier alpha value is -3.32. The van der Waals surface area contributed by atoms with Crippen LogP contribution in [-0.4, -0.2) is 26.8 Å². The van der Waals surface area contributed by atoms with Gasteiger partial charge in [-0.05, 0) is 46.9 Å². The van der Waals surface area contributed by atoms with E-state index >= 15 is 4.39 Å². The van der Waals surface area contributed by atoms with E-state index in [9.17, 15) is 32.3 Å². The number of aliphatic hydroxyl groups excluding tert-OH is 1. The second-order valence-corrected chi connectivity index (χ2v) is 8.72. The molecule has 4 nitrogen and oxygen atoms in total. The van der Waals surface area contributed by atoms with Crippen molar-refractivity contribution in [2.45, 2.75) is 43.1 Å². The quantitative estimate of drug-likeness (QED) is 0.507. The normalized spacial score (nSPS) is 25.0. The first-order valence-electron chi connectivity index (χ1n) is 10.4. The number of benzene rings is 2. The number of nitriles is 1. The lowest BCUT2D eigenvalue weighted by atomic mass is 9.73. The number of hydrogen-bond acceptors (Lipinski definition) is 3. The van der Waals surface area contributed by atoms with Gasteiger partial charge >= 0.3 is 0 Å². The summed E-state index contributed by atoms with van der Waals surface area (Å²) in [6.45, 7) is 0. The van der Waals surface area contributed by atoms with E-state index < -0.39 is 60.3 Å². The van der Waals surface area contributed by atoms with E-state index in [2.05, 4.69) is 4.98 Å². The van der Waals surface area contributed by atoms with Crippen LogP contribution >= 0.6 is 0 Å². The highest BCUT2D eigenvalue weighted by molar-refractivity contribution is 5.71. The first kappa shape index (κ1) is 22.5. The molecular formula is C24H17F6N3O. The zero-order chi connectivity index (χ0) is 24.5. The third kappa shape index (κ3) is 3.14. The number of rotatable bonds is 2. The summed E-state index contributed by atoms with van der Waals surface area (Å²) in [4.78, 5) is 3.88. The summed E-state index contributed by atoms with van der Waals surface area (Å²) in [5.41, 5.74) is -1.43. The first-order chi connectivity index (χ1) is 16.0. The molecule has 2 aliphatic rings. The Kier molecular flexibility index (Phi) is 5.02. The van der Waals surface area contributed by atoms with Gasteiger partial charge in [0.15, 0.2) is 6.17 Å². The highest BCUT2D eigenvalue weighted by Crippen LogP contribution is 2.54. The number of halogens is 6. The average molecular weight is 477 g/mol. The van der Waals surface area contributed by atoms with Gasteiger partial charge in [-0.25, -0.2) is 31.3 Å². The molecule has 1 N–H and O–H groups in total. The van der Waals surface area contributed by atoms with Crippen LogP contribution in [0.1, 0.15) is 58.0 Å². The molecule has 0 amide bonds. The molecule has 4 atom stereocenters. The molecule has 10 heteroatoms. The van der Waals surface area contributed by atoms with Gasteiger partial charge in [-0.3, -0.25) is 0 Å². The summed E-state index contributed by atoms with van der Waals surface area (Å²) in [7, 11) is 1.53. The van der Waals surface area contributed by atoms with Crippen LogP contribution < -0.4 is 0 Å². The predicted octanol–water partition coefficient (Wildman–Crippen LogP) is 5.35. The van der Waals surface area contributed by atoms with Crippen molar-refractivity contribution in [3.8, 4) is 17.3 Å². The van der Waals surface area contributed by atoms with Crippen LogP contribution in [0.25, 0.3) is 11.3 Å².